The molecule has 2 aromatic rings. The number of nitrogens with zero attached hydrogens (tertiary/aromatic N) is 3. The SMILES string of the molecule is Cc1ccn2nc(NC3CCSCC3)nc2c1. The lowest BCUT2D eigenvalue weighted by Gasteiger charge is -2.21. The number of rotatable bonds is 2. The number of fused-ring (bicyclic) bond motifs is 1. The summed E-state index contributed by atoms with van der Waals surface area (Å²) in [6.45, 7) is 2.07. The number of anilines is 1. The van der Waals surface area contributed by atoms with Crippen molar-refractivity contribution < 1.29 is 0 Å². The Balaban J connectivity index is 1.80. The van der Waals surface area contributed by atoms with Crippen molar-refractivity contribution in [3.8, 4) is 0 Å². The fraction of sp³-hybridized carbons (Fsp3) is 0.500. The van der Waals surface area contributed by atoms with Gasteiger partial charge in [0.25, 0.3) is 0 Å². The van der Waals surface area contributed by atoms with Crippen LogP contribution in [0.15, 0.2) is 18.3 Å². The Morgan fingerprint density at radius 3 is 3.06 bits per heavy atom. The molecule has 90 valence electrons. The van der Waals surface area contributed by atoms with Crippen molar-refractivity contribution in [3.05, 3.63) is 23.9 Å². The van der Waals surface area contributed by atoms with E-state index in [1.165, 1.54) is 29.9 Å². The third kappa shape index (κ3) is 2.39. The summed E-state index contributed by atoms with van der Waals surface area (Å²) in [5, 5.41) is 7.87. The number of nitrogens with one attached hydrogen (secondary N) is 1. The van der Waals surface area contributed by atoms with E-state index in [1.807, 2.05) is 28.5 Å². The average molecular weight is 248 g/mol. The normalized spacial score (nSPS) is 17.5. The van der Waals surface area contributed by atoms with Crippen LogP contribution in [0.1, 0.15) is 18.4 Å². The third-order valence-electron chi connectivity index (χ3n) is 3.05. The molecule has 1 N–H and O–H groups in total. The van der Waals surface area contributed by atoms with Crippen molar-refractivity contribution in [1.29, 1.82) is 0 Å². The quantitative estimate of drug-likeness (QED) is 0.886. The van der Waals surface area contributed by atoms with Crippen LogP contribution in [0.25, 0.3) is 5.65 Å². The number of hydrogen-bond acceptors (Lipinski definition) is 4. The van der Waals surface area contributed by atoms with Gasteiger partial charge in [0.05, 0.1) is 0 Å². The number of aryl methyl sites for hydroxylation is 1. The number of aromatic nitrogens is 3. The number of pyridine rings is 1. The summed E-state index contributed by atoms with van der Waals surface area (Å²) >= 11 is 2.03. The minimum Gasteiger partial charge on any atom is -0.350 e. The molecule has 4 nitrogen and oxygen atoms in total. The zero-order chi connectivity index (χ0) is 11.7. The summed E-state index contributed by atoms with van der Waals surface area (Å²) in [6, 6.07) is 4.63. The molecule has 1 aliphatic rings. The summed E-state index contributed by atoms with van der Waals surface area (Å²) in [4.78, 5) is 4.50. The van der Waals surface area contributed by atoms with Crippen molar-refractivity contribution in [2.45, 2.75) is 25.8 Å². The van der Waals surface area contributed by atoms with Gasteiger partial charge >= 0.3 is 0 Å². The summed E-state index contributed by atoms with van der Waals surface area (Å²) in [5.74, 6) is 3.24. The van der Waals surface area contributed by atoms with Gasteiger partial charge in [-0.25, -0.2) is 4.52 Å². The van der Waals surface area contributed by atoms with Gasteiger partial charge in [0, 0.05) is 12.2 Å². The van der Waals surface area contributed by atoms with Gasteiger partial charge in [-0.15, -0.1) is 5.10 Å². The minimum absolute atomic E-state index is 0.537. The third-order valence-corrected chi connectivity index (χ3v) is 4.10. The van der Waals surface area contributed by atoms with Crippen LogP contribution in [0.5, 0.6) is 0 Å². The molecule has 5 heteroatoms. The zero-order valence-corrected chi connectivity index (χ0v) is 10.7. The summed E-state index contributed by atoms with van der Waals surface area (Å²) in [7, 11) is 0. The van der Waals surface area contributed by atoms with Crippen LogP contribution in [0.3, 0.4) is 0 Å². The van der Waals surface area contributed by atoms with Crippen molar-refractivity contribution in [3.63, 3.8) is 0 Å². The predicted octanol–water partition coefficient (Wildman–Crippen LogP) is 2.35. The van der Waals surface area contributed by atoms with Gasteiger partial charge in [0.2, 0.25) is 5.95 Å². The van der Waals surface area contributed by atoms with Crippen LogP contribution < -0.4 is 5.32 Å². The molecule has 0 bridgehead atoms. The molecule has 0 saturated carbocycles. The second-order valence-corrected chi connectivity index (χ2v) is 5.70. The van der Waals surface area contributed by atoms with Crippen molar-refractivity contribution in [1.82, 2.24) is 14.6 Å². The van der Waals surface area contributed by atoms with Crippen LogP contribution in [-0.4, -0.2) is 32.1 Å². The van der Waals surface area contributed by atoms with Gasteiger partial charge in [-0.05, 0) is 49.0 Å². The Bertz CT molecular complexity index is 516. The first-order chi connectivity index (χ1) is 8.31. The van der Waals surface area contributed by atoms with Gasteiger partial charge in [-0.1, -0.05) is 0 Å². The maximum Gasteiger partial charge on any atom is 0.243 e. The van der Waals surface area contributed by atoms with Crippen LogP contribution in [0.4, 0.5) is 5.95 Å². The molecule has 0 aliphatic carbocycles. The Morgan fingerprint density at radius 1 is 1.41 bits per heavy atom. The highest BCUT2D eigenvalue weighted by Gasteiger charge is 2.15. The lowest BCUT2D eigenvalue weighted by atomic mass is 10.2. The Labute approximate surface area is 105 Å². The average Bonchev–Trinajstić information content (AvgIpc) is 2.71. The minimum atomic E-state index is 0.537. The predicted molar refractivity (Wildman–Crippen MR) is 71.7 cm³/mol. The molecule has 0 amide bonds. The van der Waals surface area contributed by atoms with E-state index in [0.29, 0.717) is 6.04 Å². The van der Waals surface area contributed by atoms with E-state index in [2.05, 4.69) is 28.4 Å². The van der Waals surface area contributed by atoms with Crippen LogP contribution in [0.2, 0.25) is 0 Å². The maximum atomic E-state index is 4.50. The van der Waals surface area contributed by atoms with E-state index in [1.54, 1.807) is 0 Å². The monoisotopic (exact) mass is 248 g/mol. The molecule has 0 atom stereocenters. The summed E-state index contributed by atoms with van der Waals surface area (Å²) < 4.78 is 1.83. The molecule has 3 rings (SSSR count). The van der Waals surface area contributed by atoms with Crippen LogP contribution >= 0.6 is 11.8 Å². The van der Waals surface area contributed by atoms with Crippen molar-refractivity contribution in [2.24, 2.45) is 0 Å². The van der Waals surface area contributed by atoms with E-state index in [0.717, 1.165) is 11.6 Å². The molecular weight excluding hydrogens is 232 g/mol. The Morgan fingerprint density at radius 2 is 2.24 bits per heavy atom. The molecule has 17 heavy (non-hydrogen) atoms. The molecule has 0 aromatic carbocycles. The molecule has 0 unspecified atom stereocenters. The van der Waals surface area contributed by atoms with Crippen molar-refractivity contribution >= 4 is 23.4 Å². The highest BCUT2D eigenvalue weighted by atomic mass is 32.2. The van der Waals surface area contributed by atoms with Gasteiger partial charge in [0.1, 0.15) is 0 Å². The lowest BCUT2D eigenvalue weighted by molar-refractivity contribution is 0.659. The van der Waals surface area contributed by atoms with Crippen LogP contribution in [-0.2, 0) is 0 Å². The largest absolute Gasteiger partial charge is 0.350 e. The highest BCUT2D eigenvalue weighted by Crippen LogP contribution is 2.19. The van der Waals surface area contributed by atoms with Gasteiger partial charge in [0.15, 0.2) is 5.65 Å². The number of thioether (sulfide) groups is 1. The smallest absolute Gasteiger partial charge is 0.243 e. The Hall–Kier alpha value is -1.23. The number of hydrogen-bond donors (Lipinski definition) is 1. The fourth-order valence-electron chi connectivity index (χ4n) is 2.07. The second kappa shape index (κ2) is 4.56. The van der Waals surface area contributed by atoms with Gasteiger partial charge < -0.3 is 5.32 Å². The molecule has 3 heterocycles. The highest BCUT2D eigenvalue weighted by molar-refractivity contribution is 7.99. The zero-order valence-electron chi connectivity index (χ0n) is 9.89. The molecular formula is C12H16N4S. The second-order valence-electron chi connectivity index (χ2n) is 4.47. The van der Waals surface area contributed by atoms with Gasteiger partial charge in [-0.2, -0.15) is 16.7 Å². The lowest BCUT2D eigenvalue weighted by Crippen LogP contribution is -2.25. The van der Waals surface area contributed by atoms with Crippen molar-refractivity contribution in [2.75, 3.05) is 16.8 Å². The molecule has 1 fully saturated rings. The summed E-state index contributed by atoms with van der Waals surface area (Å²) in [6.07, 6.45) is 4.37. The Kier molecular flexibility index (Phi) is 2.93. The molecule has 2 aromatic heterocycles. The topological polar surface area (TPSA) is 42.2 Å². The first-order valence-electron chi connectivity index (χ1n) is 5.98. The molecule has 1 saturated heterocycles. The van der Waals surface area contributed by atoms with E-state index in [9.17, 15) is 0 Å². The standard InChI is InChI=1S/C12H16N4S/c1-9-2-5-16-11(8-9)14-12(15-16)13-10-3-6-17-7-4-10/h2,5,8,10H,3-4,6-7H2,1H3,(H,13,15). The van der Waals surface area contributed by atoms with Gasteiger partial charge in [-0.3, -0.25) is 0 Å². The first-order valence-corrected chi connectivity index (χ1v) is 7.14. The first kappa shape index (κ1) is 10.9. The van der Waals surface area contributed by atoms with E-state index in [-0.39, 0.29) is 0 Å². The summed E-state index contributed by atoms with van der Waals surface area (Å²) in [5.41, 5.74) is 2.13. The van der Waals surface area contributed by atoms with Crippen LogP contribution in [0, 0.1) is 6.92 Å². The molecule has 0 spiro atoms. The van der Waals surface area contributed by atoms with E-state index in [4.69, 9.17) is 0 Å². The maximum absolute atomic E-state index is 4.50. The van der Waals surface area contributed by atoms with E-state index >= 15 is 0 Å². The fourth-order valence-corrected chi connectivity index (χ4v) is 3.18. The molecule has 1 aliphatic heterocycles. The molecule has 0 radical (unpaired) electrons. The van der Waals surface area contributed by atoms with E-state index < -0.39 is 0 Å².